The number of para-hydroxylation sites is 2. The Morgan fingerprint density at radius 3 is 2.31 bits per heavy atom. The van der Waals surface area contributed by atoms with Gasteiger partial charge in [0, 0.05) is 43.6 Å². The number of anilines is 3. The van der Waals surface area contributed by atoms with Crippen molar-refractivity contribution >= 4 is 29.1 Å². The van der Waals surface area contributed by atoms with Crippen LogP contribution in [-0.2, 0) is 10.5 Å². The molecule has 1 saturated heterocycles. The van der Waals surface area contributed by atoms with Crippen molar-refractivity contribution in [2.75, 3.05) is 41.3 Å². The van der Waals surface area contributed by atoms with E-state index < -0.39 is 17.7 Å². The van der Waals surface area contributed by atoms with E-state index >= 15 is 0 Å². The van der Waals surface area contributed by atoms with Crippen molar-refractivity contribution in [1.82, 2.24) is 9.88 Å². The molecule has 0 unspecified atom stereocenters. The van der Waals surface area contributed by atoms with E-state index in [4.69, 9.17) is 0 Å². The molecule has 0 bridgehead atoms. The molecule has 2 N–H and O–H groups in total. The van der Waals surface area contributed by atoms with Gasteiger partial charge in [-0.1, -0.05) is 42.5 Å². The van der Waals surface area contributed by atoms with E-state index in [0.29, 0.717) is 43.1 Å². The zero-order valence-corrected chi connectivity index (χ0v) is 17.4. The van der Waals surface area contributed by atoms with Crippen LogP contribution in [0.1, 0.15) is 5.56 Å². The minimum Gasteiger partial charge on any atom is -0.359 e. The summed E-state index contributed by atoms with van der Waals surface area (Å²) in [6, 6.07) is 20.8. The second-order valence-corrected chi connectivity index (χ2v) is 7.79. The normalized spacial score (nSPS) is 20.5. The molecule has 3 amide bonds. The van der Waals surface area contributed by atoms with E-state index in [9.17, 15) is 14.7 Å². The number of aromatic nitrogens is 1. The lowest BCUT2D eigenvalue weighted by Crippen LogP contribution is -2.65. The highest BCUT2D eigenvalue weighted by Gasteiger charge is 2.53. The Bertz CT molecular complexity index is 1130. The number of carbonyl (C=O) groups is 2. The summed E-state index contributed by atoms with van der Waals surface area (Å²) in [6.45, 7) is 1.98. The molecular formula is C24H23N5O3. The predicted molar refractivity (Wildman–Crippen MR) is 121 cm³/mol. The number of amides is 3. The number of piperazine rings is 1. The van der Waals surface area contributed by atoms with Crippen LogP contribution in [0, 0.1) is 0 Å². The fourth-order valence-corrected chi connectivity index (χ4v) is 4.33. The van der Waals surface area contributed by atoms with Gasteiger partial charge in [-0.3, -0.25) is 9.69 Å². The van der Waals surface area contributed by atoms with Crippen LogP contribution < -0.4 is 15.1 Å². The molecule has 3 aromatic rings. The van der Waals surface area contributed by atoms with Gasteiger partial charge in [0.05, 0.1) is 5.69 Å². The lowest BCUT2D eigenvalue weighted by molar-refractivity contribution is -0.152. The third-order valence-corrected chi connectivity index (χ3v) is 5.92. The molecule has 3 heterocycles. The molecule has 5 rings (SSSR count). The quantitative estimate of drug-likeness (QED) is 0.668. The van der Waals surface area contributed by atoms with Crippen LogP contribution in [0.15, 0.2) is 79.0 Å². The Morgan fingerprint density at radius 2 is 1.59 bits per heavy atom. The number of nitrogens with zero attached hydrogens (tertiary/aromatic N) is 4. The van der Waals surface area contributed by atoms with Gasteiger partial charge in [0.15, 0.2) is 0 Å². The number of hydrogen-bond donors (Lipinski definition) is 2. The fourth-order valence-electron chi connectivity index (χ4n) is 4.33. The molecule has 0 aliphatic carbocycles. The summed E-state index contributed by atoms with van der Waals surface area (Å²) in [5.41, 5.74) is -0.955. The SMILES string of the molecule is O=C1Nc2ccccc2[C@@](O)(C(=O)N2CCN(c3ccccn3)CC2)N1c1ccccc1. The zero-order chi connectivity index (χ0) is 22.1. The second-order valence-electron chi connectivity index (χ2n) is 7.79. The van der Waals surface area contributed by atoms with Crippen molar-refractivity contribution in [2.24, 2.45) is 0 Å². The second kappa shape index (κ2) is 7.97. The van der Waals surface area contributed by atoms with Gasteiger partial charge in [-0.05, 0) is 30.3 Å². The van der Waals surface area contributed by atoms with Gasteiger partial charge in [-0.25, -0.2) is 9.78 Å². The Balaban J connectivity index is 1.49. The van der Waals surface area contributed by atoms with E-state index in [1.165, 1.54) is 0 Å². The molecule has 2 aliphatic rings. The highest BCUT2D eigenvalue weighted by Crippen LogP contribution is 2.40. The van der Waals surface area contributed by atoms with Gasteiger partial charge in [0.1, 0.15) is 5.82 Å². The fraction of sp³-hybridized carbons (Fsp3) is 0.208. The maximum atomic E-state index is 13.8. The standard InChI is InChI=1S/C24H23N5O3/c30-22(28-16-14-27(15-17-28)21-12-6-7-13-25-21)24(32)19-10-4-5-11-20(19)26-23(31)29(24)18-8-2-1-3-9-18/h1-13,32H,14-17H2,(H,26,31)/t24-/m1/s1. The lowest BCUT2D eigenvalue weighted by atomic mass is 9.94. The minimum atomic E-state index is -2.16. The van der Waals surface area contributed by atoms with Gasteiger partial charge in [-0.15, -0.1) is 0 Å². The number of hydrogen-bond acceptors (Lipinski definition) is 5. The monoisotopic (exact) mass is 429 g/mol. The molecule has 32 heavy (non-hydrogen) atoms. The van der Waals surface area contributed by atoms with E-state index in [2.05, 4.69) is 15.2 Å². The topological polar surface area (TPSA) is 89.0 Å². The molecule has 2 aromatic carbocycles. The van der Waals surface area contributed by atoms with Crippen LogP contribution in [0.4, 0.5) is 22.0 Å². The maximum Gasteiger partial charge on any atom is 0.329 e. The molecule has 0 saturated carbocycles. The average molecular weight is 429 g/mol. The van der Waals surface area contributed by atoms with Crippen molar-refractivity contribution in [1.29, 1.82) is 0 Å². The average Bonchev–Trinajstić information content (AvgIpc) is 2.85. The summed E-state index contributed by atoms with van der Waals surface area (Å²) in [5.74, 6) is 0.330. The minimum absolute atomic E-state index is 0.348. The third kappa shape index (κ3) is 3.25. The summed E-state index contributed by atoms with van der Waals surface area (Å²) in [5, 5.41) is 14.7. The highest BCUT2D eigenvalue weighted by molar-refractivity contribution is 6.11. The van der Waals surface area contributed by atoms with Crippen LogP contribution >= 0.6 is 0 Å². The van der Waals surface area contributed by atoms with Crippen LogP contribution in [-0.4, -0.2) is 53.1 Å². The number of carbonyl (C=O) groups excluding carboxylic acids is 2. The van der Waals surface area contributed by atoms with Crippen LogP contribution in [0.2, 0.25) is 0 Å². The number of aliphatic hydroxyl groups is 1. The largest absolute Gasteiger partial charge is 0.359 e. The zero-order valence-electron chi connectivity index (χ0n) is 17.4. The highest BCUT2D eigenvalue weighted by atomic mass is 16.3. The van der Waals surface area contributed by atoms with Crippen LogP contribution in [0.25, 0.3) is 0 Å². The van der Waals surface area contributed by atoms with Crippen LogP contribution in [0.5, 0.6) is 0 Å². The first kappa shape index (κ1) is 20.0. The third-order valence-electron chi connectivity index (χ3n) is 5.92. The van der Waals surface area contributed by atoms with Crippen molar-refractivity contribution in [3.63, 3.8) is 0 Å². The molecule has 0 spiro atoms. The van der Waals surface area contributed by atoms with Gasteiger partial charge in [0.2, 0.25) is 0 Å². The van der Waals surface area contributed by atoms with Crippen LogP contribution in [0.3, 0.4) is 0 Å². The first-order valence-corrected chi connectivity index (χ1v) is 10.5. The first-order valence-electron chi connectivity index (χ1n) is 10.5. The maximum absolute atomic E-state index is 13.8. The lowest BCUT2D eigenvalue weighted by Gasteiger charge is -2.46. The summed E-state index contributed by atoms with van der Waals surface area (Å²) in [4.78, 5) is 36.1. The molecule has 1 atom stereocenters. The molecule has 8 heteroatoms. The summed E-state index contributed by atoms with van der Waals surface area (Å²) < 4.78 is 0. The molecule has 2 aliphatic heterocycles. The number of fused-ring (bicyclic) bond motifs is 1. The molecule has 1 aromatic heterocycles. The number of pyridine rings is 1. The number of nitrogens with one attached hydrogen (secondary N) is 1. The first-order chi connectivity index (χ1) is 15.6. The smallest absolute Gasteiger partial charge is 0.329 e. The molecule has 1 fully saturated rings. The summed E-state index contributed by atoms with van der Waals surface area (Å²) in [6.07, 6.45) is 1.74. The van der Waals surface area contributed by atoms with E-state index in [1.807, 2.05) is 24.3 Å². The summed E-state index contributed by atoms with van der Waals surface area (Å²) >= 11 is 0. The van der Waals surface area contributed by atoms with Crippen molar-refractivity contribution in [3.05, 3.63) is 84.6 Å². The number of rotatable bonds is 3. The number of urea groups is 1. The van der Waals surface area contributed by atoms with Gasteiger partial charge in [-0.2, -0.15) is 0 Å². The van der Waals surface area contributed by atoms with E-state index in [-0.39, 0.29) is 0 Å². The van der Waals surface area contributed by atoms with E-state index in [0.717, 1.165) is 10.7 Å². The Hall–Kier alpha value is -3.91. The molecular weight excluding hydrogens is 406 g/mol. The van der Waals surface area contributed by atoms with Crippen molar-refractivity contribution in [2.45, 2.75) is 5.72 Å². The van der Waals surface area contributed by atoms with E-state index in [1.54, 1.807) is 59.6 Å². The Kier molecular flexibility index (Phi) is 4.99. The Morgan fingerprint density at radius 1 is 0.906 bits per heavy atom. The molecule has 0 radical (unpaired) electrons. The predicted octanol–water partition coefficient (Wildman–Crippen LogP) is 2.63. The Labute approximate surface area is 185 Å². The van der Waals surface area contributed by atoms with Gasteiger partial charge < -0.3 is 20.2 Å². The van der Waals surface area contributed by atoms with Gasteiger partial charge in [0.25, 0.3) is 11.6 Å². The van der Waals surface area contributed by atoms with Gasteiger partial charge >= 0.3 is 6.03 Å². The molecule has 162 valence electrons. The molecule has 8 nitrogen and oxygen atoms in total. The van der Waals surface area contributed by atoms with Crippen molar-refractivity contribution in [3.8, 4) is 0 Å². The number of benzene rings is 2. The van der Waals surface area contributed by atoms with Crippen molar-refractivity contribution < 1.29 is 14.7 Å². The summed E-state index contributed by atoms with van der Waals surface area (Å²) in [7, 11) is 0.